The van der Waals surface area contributed by atoms with Crippen molar-refractivity contribution in [3.05, 3.63) is 0 Å². The van der Waals surface area contributed by atoms with Crippen molar-refractivity contribution in [2.45, 2.75) is 51.2 Å². The van der Waals surface area contributed by atoms with E-state index in [1.54, 1.807) is 0 Å². The Morgan fingerprint density at radius 2 is 2.21 bits per heavy atom. The molecule has 4 nitrogen and oxygen atoms in total. The van der Waals surface area contributed by atoms with Crippen molar-refractivity contribution >= 4 is 6.09 Å². The molecule has 0 radical (unpaired) electrons. The fourth-order valence-electron chi connectivity index (χ4n) is 1.68. The Morgan fingerprint density at radius 3 is 2.86 bits per heavy atom. The van der Waals surface area contributed by atoms with Crippen LogP contribution in [0.25, 0.3) is 0 Å². The number of carbonyl (C=O) groups is 1. The number of hydrogen-bond donors (Lipinski definition) is 2. The van der Waals surface area contributed by atoms with Crippen LogP contribution in [0.4, 0.5) is 4.79 Å². The molecule has 0 aliphatic heterocycles. The summed E-state index contributed by atoms with van der Waals surface area (Å²) in [4.78, 5) is 11.2. The Labute approximate surface area is 85.2 Å². The molecule has 14 heavy (non-hydrogen) atoms. The Morgan fingerprint density at radius 1 is 1.50 bits per heavy atom. The second-order valence-corrected chi connectivity index (χ2v) is 3.82. The number of alkyl carbamates (subject to hydrolysis) is 1. The largest absolute Gasteiger partial charge is 0.445 e. The maximum atomic E-state index is 11.2. The van der Waals surface area contributed by atoms with Gasteiger partial charge in [-0.25, -0.2) is 4.79 Å². The van der Waals surface area contributed by atoms with Gasteiger partial charge in [0.15, 0.2) is 0 Å². The molecule has 1 fully saturated rings. The molecule has 0 aromatic carbocycles. The van der Waals surface area contributed by atoms with Gasteiger partial charge in [-0.1, -0.05) is 13.3 Å². The van der Waals surface area contributed by atoms with Gasteiger partial charge in [0.25, 0.3) is 0 Å². The van der Waals surface area contributed by atoms with Crippen molar-refractivity contribution in [2.75, 3.05) is 6.54 Å². The number of carbonyl (C=O) groups excluding carboxylic acids is 1. The number of nitrogens with two attached hydrogens (primary N) is 1. The van der Waals surface area contributed by atoms with Gasteiger partial charge in [0.1, 0.15) is 6.10 Å². The fraction of sp³-hybridized carbons (Fsp3) is 0.900. The molecule has 0 aromatic rings. The molecule has 4 heteroatoms. The van der Waals surface area contributed by atoms with Crippen LogP contribution in [-0.4, -0.2) is 24.8 Å². The highest BCUT2D eigenvalue weighted by molar-refractivity contribution is 5.67. The summed E-state index contributed by atoms with van der Waals surface area (Å²) in [6, 6.07) is 0.0242. The second-order valence-electron chi connectivity index (χ2n) is 3.82. The van der Waals surface area contributed by atoms with Crippen molar-refractivity contribution in [3.63, 3.8) is 0 Å². The molecule has 1 aliphatic rings. The molecule has 82 valence electrons. The lowest BCUT2D eigenvalue weighted by Crippen LogP contribution is -2.42. The number of nitrogens with one attached hydrogen (secondary N) is 1. The van der Waals surface area contributed by atoms with Crippen molar-refractivity contribution in [1.29, 1.82) is 0 Å². The SMILES string of the molecule is CCCNC(=O)OC1CCCCC1N. The van der Waals surface area contributed by atoms with Gasteiger partial charge in [-0.3, -0.25) is 0 Å². The van der Waals surface area contributed by atoms with Crippen molar-refractivity contribution in [2.24, 2.45) is 5.73 Å². The minimum Gasteiger partial charge on any atom is -0.445 e. The van der Waals surface area contributed by atoms with Gasteiger partial charge in [-0.2, -0.15) is 0 Å². The van der Waals surface area contributed by atoms with Crippen LogP contribution in [0.3, 0.4) is 0 Å². The molecular weight excluding hydrogens is 180 g/mol. The van der Waals surface area contributed by atoms with E-state index in [0.29, 0.717) is 6.54 Å². The zero-order chi connectivity index (χ0) is 10.4. The Hall–Kier alpha value is -0.770. The van der Waals surface area contributed by atoms with Gasteiger partial charge >= 0.3 is 6.09 Å². The Balaban J connectivity index is 2.23. The van der Waals surface area contributed by atoms with Crippen molar-refractivity contribution in [1.82, 2.24) is 5.32 Å². The van der Waals surface area contributed by atoms with E-state index in [0.717, 1.165) is 32.1 Å². The minimum atomic E-state index is -0.325. The predicted molar refractivity (Wildman–Crippen MR) is 55.0 cm³/mol. The molecule has 1 rings (SSSR count). The average molecular weight is 200 g/mol. The van der Waals surface area contributed by atoms with Gasteiger partial charge in [0, 0.05) is 12.6 Å². The highest BCUT2D eigenvalue weighted by Crippen LogP contribution is 2.19. The van der Waals surface area contributed by atoms with E-state index in [1.807, 2.05) is 6.92 Å². The molecule has 0 saturated heterocycles. The lowest BCUT2D eigenvalue weighted by atomic mass is 9.93. The minimum absolute atomic E-state index is 0.0242. The summed E-state index contributed by atoms with van der Waals surface area (Å²) < 4.78 is 5.23. The van der Waals surface area contributed by atoms with Crippen LogP contribution in [-0.2, 0) is 4.74 Å². The maximum absolute atomic E-state index is 11.2. The monoisotopic (exact) mass is 200 g/mol. The molecule has 0 spiro atoms. The molecule has 0 aromatic heterocycles. The Kier molecular flexibility index (Phi) is 4.73. The predicted octanol–water partition coefficient (Wildman–Crippen LogP) is 1.39. The van der Waals surface area contributed by atoms with E-state index >= 15 is 0 Å². The zero-order valence-electron chi connectivity index (χ0n) is 8.79. The smallest absolute Gasteiger partial charge is 0.407 e. The highest BCUT2D eigenvalue weighted by atomic mass is 16.6. The van der Waals surface area contributed by atoms with Gasteiger partial charge in [-0.05, 0) is 25.7 Å². The highest BCUT2D eigenvalue weighted by Gasteiger charge is 2.24. The van der Waals surface area contributed by atoms with Crippen LogP contribution in [0.2, 0.25) is 0 Å². The maximum Gasteiger partial charge on any atom is 0.407 e. The van der Waals surface area contributed by atoms with Crippen LogP contribution in [0.5, 0.6) is 0 Å². The van der Waals surface area contributed by atoms with Gasteiger partial charge in [-0.15, -0.1) is 0 Å². The lowest BCUT2D eigenvalue weighted by molar-refractivity contribution is 0.0628. The zero-order valence-corrected chi connectivity index (χ0v) is 8.79. The third-order valence-electron chi connectivity index (χ3n) is 2.53. The van der Waals surface area contributed by atoms with E-state index in [2.05, 4.69) is 5.32 Å². The number of amides is 1. The van der Waals surface area contributed by atoms with Gasteiger partial charge < -0.3 is 15.8 Å². The number of ether oxygens (including phenoxy) is 1. The normalized spacial score (nSPS) is 27.0. The summed E-state index contributed by atoms with van der Waals surface area (Å²) in [5.41, 5.74) is 5.85. The molecule has 1 aliphatic carbocycles. The molecule has 0 heterocycles. The first-order valence-electron chi connectivity index (χ1n) is 5.44. The topological polar surface area (TPSA) is 64.3 Å². The van der Waals surface area contributed by atoms with Gasteiger partial charge in [0.05, 0.1) is 0 Å². The van der Waals surface area contributed by atoms with Crippen LogP contribution >= 0.6 is 0 Å². The molecule has 1 amide bonds. The summed E-state index contributed by atoms with van der Waals surface area (Å²) in [5.74, 6) is 0. The summed E-state index contributed by atoms with van der Waals surface area (Å²) in [7, 11) is 0. The van der Waals surface area contributed by atoms with E-state index < -0.39 is 0 Å². The molecule has 1 saturated carbocycles. The Bertz CT molecular complexity index is 185. The third-order valence-corrected chi connectivity index (χ3v) is 2.53. The average Bonchev–Trinajstić information content (AvgIpc) is 2.18. The van der Waals surface area contributed by atoms with Gasteiger partial charge in [0.2, 0.25) is 0 Å². The standard InChI is InChI=1S/C10H20N2O2/c1-2-7-12-10(13)14-9-6-4-3-5-8(9)11/h8-9H,2-7,11H2,1H3,(H,12,13). The van der Waals surface area contributed by atoms with Crippen LogP contribution in [0.1, 0.15) is 39.0 Å². The summed E-state index contributed by atoms with van der Waals surface area (Å²) in [6.45, 7) is 2.67. The fourth-order valence-corrected chi connectivity index (χ4v) is 1.68. The van der Waals surface area contributed by atoms with E-state index in [4.69, 9.17) is 10.5 Å². The van der Waals surface area contributed by atoms with Crippen LogP contribution in [0, 0.1) is 0 Å². The quantitative estimate of drug-likeness (QED) is 0.723. The van der Waals surface area contributed by atoms with Crippen molar-refractivity contribution in [3.8, 4) is 0 Å². The molecule has 2 atom stereocenters. The molecular formula is C10H20N2O2. The first-order valence-corrected chi connectivity index (χ1v) is 5.44. The first-order chi connectivity index (χ1) is 6.74. The van der Waals surface area contributed by atoms with E-state index in [9.17, 15) is 4.79 Å². The van der Waals surface area contributed by atoms with Crippen molar-refractivity contribution < 1.29 is 9.53 Å². The number of rotatable bonds is 3. The second kappa shape index (κ2) is 5.86. The van der Waals surface area contributed by atoms with Crippen LogP contribution in [0.15, 0.2) is 0 Å². The van der Waals surface area contributed by atoms with Crippen LogP contribution < -0.4 is 11.1 Å². The molecule has 0 bridgehead atoms. The lowest BCUT2D eigenvalue weighted by Gasteiger charge is -2.28. The third kappa shape index (κ3) is 3.54. The summed E-state index contributed by atoms with van der Waals surface area (Å²) in [6.07, 6.45) is 4.64. The van der Waals surface area contributed by atoms with E-state index in [-0.39, 0.29) is 18.2 Å². The summed E-state index contributed by atoms with van der Waals surface area (Å²) in [5, 5.41) is 2.68. The molecule has 3 N–H and O–H groups in total. The molecule has 2 unspecified atom stereocenters. The van der Waals surface area contributed by atoms with E-state index in [1.165, 1.54) is 0 Å². The first kappa shape index (κ1) is 11.3. The summed E-state index contributed by atoms with van der Waals surface area (Å²) >= 11 is 0. The number of hydrogen-bond acceptors (Lipinski definition) is 3.